The van der Waals surface area contributed by atoms with E-state index in [0.717, 1.165) is 12.1 Å². The van der Waals surface area contributed by atoms with Gasteiger partial charge in [0.2, 0.25) is 0 Å². The van der Waals surface area contributed by atoms with Gasteiger partial charge in [-0.05, 0) is 11.5 Å². The van der Waals surface area contributed by atoms with Crippen molar-refractivity contribution >= 4 is 18.3 Å². The molecule has 76 valence electrons. The fourth-order valence-corrected chi connectivity index (χ4v) is 1.13. The molecule has 0 radical (unpaired) electrons. The van der Waals surface area contributed by atoms with Gasteiger partial charge >= 0.3 is 13.3 Å². The Morgan fingerprint density at radius 3 is 2.14 bits per heavy atom. The van der Waals surface area contributed by atoms with E-state index in [1.54, 1.807) is 0 Å². The summed E-state index contributed by atoms with van der Waals surface area (Å²) >= 11 is 0. The van der Waals surface area contributed by atoms with Gasteiger partial charge in [-0.2, -0.15) is 13.2 Å². The van der Waals surface area contributed by atoms with Crippen molar-refractivity contribution in [2.24, 2.45) is 0 Å². The number of nitrogens with two attached hydrogens (primary N) is 1. The maximum absolute atomic E-state index is 12.4. The molecule has 0 saturated heterocycles. The van der Waals surface area contributed by atoms with E-state index in [1.165, 1.54) is 6.07 Å². The minimum Gasteiger partial charge on any atom is -0.423 e. The van der Waals surface area contributed by atoms with Crippen LogP contribution >= 0.6 is 0 Å². The Morgan fingerprint density at radius 2 is 1.79 bits per heavy atom. The van der Waals surface area contributed by atoms with Crippen molar-refractivity contribution in [3.05, 3.63) is 23.8 Å². The third-order valence-corrected chi connectivity index (χ3v) is 1.69. The zero-order valence-corrected chi connectivity index (χ0v) is 6.92. The molecule has 14 heavy (non-hydrogen) atoms. The third kappa shape index (κ3) is 1.99. The second kappa shape index (κ2) is 3.51. The van der Waals surface area contributed by atoms with Crippen LogP contribution in [0.3, 0.4) is 0 Å². The zero-order valence-electron chi connectivity index (χ0n) is 6.92. The Kier molecular flexibility index (Phi) is 2.72. The third-order valence-electron chi connectivity index (χ3n) is 1.69. The summed E-state index contributed by atoms with van der Waals surface area (Å²) in [6.07, 6.45) is -4.69. The highest BCUT2D eigenvalue weighted by Gasteiger charge is 2.38. The summed E-state index contributed by atoms with van der Waals surface area (Å²) < 4.78 is 37.1. The van der Waals surface area contributed by atoms with Crippen LogP contribution in [0.4, 0.5) is 18.9 Å². The summed E-state index contributed by atoms with van der Waals surface area (Å²) in [7, 11) is -2.19. The largest absolute Gasteiger partial charge is 0.489 e. The predicted molar refractivity (Wildman–Crippen MR) is 45.7 cm³/mol. The second-order valence-corrected chi connectivity index (χ2v) is 2.68. The van der Waals surface area contributed by atoms with Crippen LogP contribution in [0, 0.1) is 0 Å². The lowest BCUT2D eigenvalue weighted by Crippen LogP contribution is -2.36. The van der Waals surface area contributed by atoms with Crippen molar-refractivity contribution in [2.45, 2.75) is 6.18 Å². The van der Waals surface area contributed by atoms with Crippen LogP contribution in [0.5, 0.6) is 0 Å². The van der Waals surface area contributed by atoms with Crippen LogP contribution < -0.4 is 11.2 Å². The summed E-state index contributed by atoms with van der Waals surface area (Å²) in [5.74, 6) is 0. The summed E-state index contributed by atoms with van der Waals surface area (Å²) in [6, 6.07) is 3.23. The maximum atomic E-state index is 12.4. The van der Waals surface area contributed by atoms with Gasteiger partial charge in [-0.15, -0.1) is 0 Å². The molecule has 0 aliphatic carbocycles. The van der Waals surface area contributed by atoms with Gasteiger partial charge in [0.15, 0.2) is 0 Å². The topological polar surface area (TPSA) is 66.5 Å². The van der Waals surface area contributed by atoms with Crippen LogP contribution in [-0.4, -0.2) is 17.2 Å². The van der Waals surface area contributed by atoms with Gasteiger partial charge < -0.3 is 15.8 Å². The van der Waals surface area contributed by atoms with E-state index in [1.807, 2.05) is 0 Å². The summed E-state index contributed by atoms with van der Waals surface area (Å²) in [5, 5.41) is 17.4. The van der Waals surface area contributed by atoms with Crippen molar-refractivity contribution in [3.63, 3.8) is 0 Å². The molecular formula is C7H7BF3NO2. The molecular weight excluding hydrogens is 198 g/mol. The molecule has 0 fully saturated rings. The molecule has 0 atom stereocenters. The molecule has 0 aliphatic heterocycles. The summed E-state index contributed by atoms with van der Waals surface area (Å²) in [6.45, 7) is 0. The highest BCUT2D eigenvalue weighted by atomic mass is 19.4. The fourth-order valence-electron chi connectivity index (χ4n) is 1.13. The quantitative estimate of drug-likeness (QED) is 0.445. The van der Waals surface area contributed by atoms with Crippen LogP contribution in [-0.2, 0) is 6.18 Å². The molecule has 4 N–H and O–H groups in total. The first-order chi connectivity index (χ1) is 6.34. The molecule has 7 heteroatoms. The molecule has 1 aromatic rings. The first kappa shape index (κ1) is 10.9. The number of anilines is 1. The Hall–Kier alpha value is -1.21. The van der Waals surface area contributed by atoms with Gasteiger partial charge in [-0.3, -0.25) is 0 Å². The van der Waals surface area contributed by atoms with Crippen molar-refractivity contribution in [1.29, 1.82) is 0 Å². The van der Waals surface area contributed by atoms with Crippen molar-refractivity contribution < 1.29 is 23.2 Å². The summed E-state index contributed by atoms with van der Waals surface area (Å²) in [4.78, 5) is 0. The molecule has 0 heterocycles. The Labute approximate surface area is 78.1 Å². The smallest absolute Gasteiger partial charge is 0.423 e. The monoisotopic (exact) mass is 205 g/mol. The molecule has 0 amide bonds. The van der Waals surface area contributed by atoms with E-state index in [2.05, 4.69) is 0 Å². The van der Waals surface area contributed by atoms with Crippen LogP contribution in [0.2, 0.25) is 0 Å². The average molecular weight is 205 g/mol. The van der Waals surface area contributed by atoms with E-state index in [9.17, 15) is 13.2 Å². The number of nitrogen functional groups attached to an aromatic ring is 1. The number of hydrogen-bond donors (Lipinski definition) is 3. The molecule has 0 bridgehead atoms. The lowest BCUT2D eigenvalue weighted by atomic mass is 9.76. The number of alkyl halides is 3. The summed E-state index contributed by atoms with van der Waals surface area (Å²) in [5.41, 5.74) is 2.74. The molecule has 0 aromatic heterocycles. The molecule has 0 aliphatic rings. The number of rotatable bonds is 1. The van der Waals surface area contributed by atoms with Crippen molar-refractivity contribution in [3.8, 4) is 0 Å². The van der Waals surface area contributed by atoms with E-state index in [-0.39, 0.29) is 0 Å². The molecule has 0 spiro atoms. The van der Waals surface area contributed by atoms with Crippen LogP contribution in [0.15, 0.2) is 18.2 Å². The minimum absolute atomic E-state index is 0.525. The fraction of sp³-hybridized carbons (Fsp3) is 0.143. The molecule has 1 rings (SSSR count). The van der Waals surface area contributed by atoms with E-state index < -0.39 is 30.0 Å². The van der Waals surface area contributed by atoms with Gasteiger partial charge in [-0.25, -0.2) is 0 Å². The zero-order chi connectivity index (χ0) is 10.9. The van der Waals surface area contributed by atoms with Gasteiger partial charge in [0.05, 0.1) is 5.56 Å². The molecule has 0 saturated carbocycles. The van der Waals surface area contributed by atoms with E-state index >= 15 is 0 Å². The highest BCUT2D eigenvalue weighted by Crippen LogP contribution is 2.31. The Balaban J connectivity index is 3.38. The standard InChI is InChI=1S/C7H7BF3NO2/c9-7(10,11)6-4(8(13)14)2-1-3-5(6)12/h1-3,13-14H,12H2. The minimum atomic E-state index is -4.69. The van der Waals surface area contributed by atoms with Gasteiger partial charge in [0.1, 0.15) is 0 Å². The number of benzene rings is 1. The SMILES string of the molecule is Nc1cccc(B(O)O)c1C(F)(F)F. The predicted octanol–water partition coefficient (Wildman–Crippen LogP) is -0.0326. The number of halogens is 3. The molecule has 3 nitrogen and oxygen atoms in total. The van der Waals surface area contributed by atoms with E-state index in [4.69, 9.17) is 15.8 Å². The highest BCUT2D eigenvalue weighted by molar-refractivity contribution is 6.59. The second-order valence-electron chi connectivity index (χ2n) is 2.68. The first-order valence-electron chi connectivity index (χ1n) is 3.65. The lowest BCUT2D eigenvalue weighted by Gasteiger charge is -2.14. The van der Waals surface area contributed by atoms with Crippen LogP contribution in [0.25, 0.3) is 0 Å². The first-order valence-corrected chi connectivity index (χ1v) is 3.65. The van der Waals surface area contributed by atoms with Gasteiger partial charge in [0, 0.05) is 5.69 Å². The van der Waals surface area contributed by atoms with Gasteiger partial charge in [-0.1, -0.05) is 12.1 Å². The lowest BCUT2D eigenvalue weighted by molar-refractivity contribution is -0.136. The van der Waals surface area contributed by atoms with E-state index in [0.29, 0.717) is 0 Å². The molecule has 1 aromatic carbocycles. The Morgan fingerprint density at radius 1 is 1.21 bits per heavy atom. The number of hydrogen-bond acceptors (Lipinski definition) is 3. The average Bonchev–Trinajstić information content (AvgIpc) is 2.01. The Bertz CT molecular complexity index is 340. The van der Waals surface area contributed by atoms with Crippen LogP contribution in [0.1, 0.15) is 5.56 Å². The van der Waals surface area contributed by atoms with Crippen molar-refractivity contribution in [2.75, 3.05) is 5.73 Å². The van der Waals surface area contributed by atoms with Crippen molar-refractivity contribution in [1.82, 2.24) is 0 Å². The molecule has 0 unspecified atom stereocenters. The normalized spacial score (nSPS) is 11.5. The maximum Gasteiger partial charge on any atom is 0.489 e. The van der Waals surface area contributed by atoms with Gasteiger partial charge in [0.25, 0.3) is 0 Å².